The van der Waals surface area contributed by atoms with E-state index in [9.17, 15) is 5.11 Å². The monoisotopic (exact) mass is 263 g/mol. The molecular formula is C16H25NO2. The van der Waals surface area contributed by atoms with Crippen LogP contribution in [-0.4, -0.2) is 30.5 Å². The molecule has 0 aliphatic carbocycles. The second-order valence-corrected chi connectivity index (χ2v) is 5.59. The minimum atomic E-state index is -0.601. The molecule has 19 heavy (non-hydrogen) atoms. The zero-order valence-corrected chi connectivity index (χ0v) is 12.0. The van der Waals surface area contributed by atoms with Crippen molar-refractivity contribution in [2.75, 3.05) is 19.8 Å². The summed E-state index contributed by atoms with van der Waals surface area (Å²) < 4.78 is 5.31. The first-order valence-corrected chi connectivity index (χ1v) is 7.23. The summed E-state index contributed by atoms with van der Waals surface area (Å²) in [7, 11) is 0. The Morgan fingerprint density at radius 1 is 1.26 bits per heavy atom. The van der Waals surface area contributed by atoms with E-state index >= 15 is 0 Å². The fraction of sp³-hybridized carbons (Fsp3) is 0.625. The summed E-state index contributed by atoms with van der Waals surface area (Å²) in [6, 6.07) is 8.94. The SMILES string of the molecule is CCC(NCC1(O)CCOCC1)c1ccc(C)cc1. The van der Waals surface area contributed by atoms with E-state index in [0.717, 1.165) is 19.3 Å². The molecule has 1 unspecified atom stereocenters. The number of hydrogen-bond acceptors (Lipinski definition) is 3. The van der Waals surface area contributed by atoms with Crippen LogP contribution >= 0.6 is 0 Å². The number of nitrogens with one attached hydrogen (secondary N) is 1. The molecule has 3 nitrogen and oxygen atoms in total. The van der Waals surface area contributed by atoms with E-state index in [0.29, 0.717) is 25.8 Å². The summed E-state index contributed by atoms with van der Waals surface area (Å²) in [6.45, 7) is 6.25. The van der Waals surface area contributed by atoms with Crippen molar-refractivity contribution in [1.29, 1.82) is 0 Å². The first-order valence-electron chi connectivity index (χ1n) is 7.23. The maximum absolute atomic E-state index is 10.5. The van der Waals surface area contributed by atoms with Crippen LogP contribution in [0.1, 0.15) is 43.4 Å². The summed E-state index contributed by atoms with van der Waals surface area (Å²) in [5.74, 6) is 0. The number of hydrogen-bond donors (Lipinski definition) is 2. The lowest BCUT2D eigenvalue weighted by Gasteiger charge is -2.33. The van der Waals surface area contributed by atoms with Crippen LogP contribution in [0, 0.1) is 6.92 Å². The second kappa shape index (κ2) is 6.51. The van der Waals surface area contributed by atoms with E-state index in [-0.39, 0.29) is 0 Å². The minimum absolute atomic E-state index is 0.312. The highest BCUT2D eigenvalue weighted by atomic mass is 16.5. The van der Waals surface area contributed by atoms with Gasteiger partial charge in [0.15, 0.2) is 0 Å². The largest absolute Gasteiger partial charge is 0.388 e. The van der Waals surface area contributed by atoms with E-state index in [1.807, 2.05) is 0 Å². The maximum atomic E-state index is 10.5. The van der Waals surface area contributed by atoms with Gasteiger partial charge in [0.05, 0.1) is 5.60 Å². The lowest BCUT2D eigenvalue weighted by molar-refractivity contribution is -0.0628. The molecular weight excluding hydrogens is 238 g/mol. The summed E-state index contributed by atoms with van der Waals surface area (Å²) in [5, 5.41) is 14.0. The quantitative estimate of drug-likeness (QED) is 0.858. The van der Waals surface area contributed by atoms with Crippen LogP contribution in [0.25, 0.3) is 0 Å². The van der Waals surface area contributed by atoms with E-state index in [1.54, 1.807) is 0 Å². The first-order chi connectivity index (χ1) is 9.13. The number of aryl methyl sites for hydroxylation is 1. The third kappa shape index (κ3) is 4.03. The van der Waals surface area contributed by atoms with Crippen molar-refractivity contribution in [3.8, 4) is 0 Å². The van der Waals surface area contributed by atoms with Gasteiger partial charge in [-0.05, 0) is 18.9 Å². The molecule has 1 aliphatic rings. The average Bonchev–Trinajstić information content (AvgIpc) is 2.42. The van der Waals surface area contributed by atoms with E-state index in [4.69, 9.17) is 4.74 Å². The van der Waals surface area contributed by atoms with Crippen LogP contribution in [0.4, 0.5) is 0 Å². The van der Waals surface area contributed by atoms with E-state index < -0.39 is 5.60 Å². The molecule has 3 heteroatoms. The summed E-state index contributed by atoms with van der Waals surface area (Å²) in [6.07, 6.45) is 2.48. The standard InChI is InChI=1S/C16H25NO2/c1-3-15(14-6-4-13(2)5-7-14)17-12-16(18)8-10-19-11-9-16/h4-7,15,17-18H,3,8-12H2,1-2H3. The van der Waals surface area contributed by atoms with E-state index in [2.05, 4.69) is 43.4 Å². The highest BCUT2D eigenvalue weighted by Crippen LogP contribution is 2.22. The zero-order valence-electron chi connectivity index (χ0n) is 12.0. The zero-order chi connectivity index (χ0) is 13.7. The average molecular weight is 263 g/mol. The van der Waals surface area contributed by atoms with Crippen molar-refractivity contribution in [2.24, 2.45) is 0 Å². The van der Waals surface area contributed by atoms with Crippen LogP contribution in [0.2, 0.25) is 0 Å². The van der Waals surface area contributed by atoms with Crippen LogP contribution in [0.3, 0.4) is 0 Å². The van der Waals surface area contributed by atoms with Gasteiger partial charge in [-0.3, -0.25) is 0 Å². The Morgan fingerprint density at radius 3 is 2.47 bits per heavy atom. The fourth-order valence-electron chi connectivity index (χ4n) is 2.54. The maximum Gasteiger partial charge on any atom is 0.0815 e. The highest BCUT2D eigenvalue weighted by molar-refractivity contribution is 5.24. The van der Waals surface area contributed by atoms with Gasteiger partial charge in [-0.1, -0.05) is 36.8 Å². The molecule has 1 atom stereocenters. The lowest BCUT2D eigenvalue weighted by Crippen LogP contribution is -2.45. The molecule has 0 saturated carbocycles. The number of rotatable bonds is 5. The predicted molar refractivity (Wildman–Crippen MR) is 77.2 cm³/mol. The summed E-state index contributed by atoms with van der Waals surface area (Å²) in [4.78, 5) is 0. The molecule has 2 N–H and O–H groups in total. The number of ether oxygens (including phenoxy) is 1. The molecule has 0 amide bonds. The van der Waals surface area contributed by atoms with E-state index in [1.165, 1.54) is 11.1 Å². The van der Waals surface area contributed by atoms with Gasteiger partial charge >= 0.3 is 0 Å². The van der Waals surface area contributed by atoms with Crippen LogP contribution < -0.4 is 5.32 Å². The Kier molecular flexibility index (Phi) is 4.97. The van der Waals surface area contributed by atoms with Gasteiger partial charge in [-0.15, -0.1) is 0 Å². The van der Waals surface area contributed by atoms with Gasteiger partial charge in [0, 0.05) is 38.6 Å². The van der Waals surface area contributed by atoms with Gasteiger partial charge in [-0.2, -0.15) is 0 Å². The molecule has 0 radical (unpaired) electrons. The highest BCUT2D eigenvalue weighted by Gasteiger charge is 2.30. The molecule has 0 bridgehead atoms. The molecule has 0 spiro atoms. The summed E-state index contributed by atoms with van der Waals surface area (Å²) in [5.41, 5.74) is 1.97. The van der Waals surface area contributed by atoms with Crippen molar-refractivity contribution in [1.82, 2.24) is 5.32 Å². The predicted octanol–water partition coefficient (Wildman–Crippen LogP) is 2.58. The Hall–Kier alpha value is -0.900. The Morgan fingerprint density at radius 2 is 1.89 bits per heavy atom. The van der Waals surface area contributed by atoms with Crippen molar-refractivity contribution in [3.05, 3.63) is 35.4 Å². The normalized spacial score (nSPS) is 20.2. The van der Waals surface area contributed by atoms with Gasteiger partial charge in [-0.25, -0.2) is 0 Å². The second-order valence-electron chi connectivity index (χ2n) is 5.59. The third-order valence-corrected chi connectivity index (χ3v) is 3.99. The van der Waals surface area contributed by atoms with Gasteiger partial charge in [0.25, 0.3) is 0 Å². The minimum Gasteiger partial charge on any atom is -0.388 e. The summed E-state index contributed by atoms with van der Waals surface area (Å²) >= 11 is 0. The van der Waals surface area contributed by atoms with Crippen molar-refractivity contribution in [2.45, 2.75) is 44.8 Å². The van der Waals surface area contributed by atoms with Crippen LogP contribution in [0.5, 0.6) is 0 Å². The molecule has 1 fully saturated rings. The molecule has 1 saturated heterocycles. The van der Waals surface area contributed by atoms with Crippen LogP contribution in [-0.2, 0) is 4.74 Å². The topological polar surface area (TPSA) is 41.5 Å². The molecule has 0 aromatic heterocycles. The molecule has 106 valence electrons. The van der Waals surface area contributed by atoms with Crippen molar-refractivity contribution in [3.63, 3.8) is 0 Å². The Labute approximate surface area is 116 Å². The van der Waals surface area contributed by atoms with Gasteiger partial charge in [0.2, 0.25) is 0 Å². The lowest BCUT2D eigenvalue weighted by atomic mass is 9.93. The Balaban J connectivity index is 1.93. The fourth-order valence-corrected chi connectivity index (χ4v) is 2.54. The first kappa shape index (κ1) is 14.5. The van der Waals surface area contributed by atoms with Crippen LogP contribution in [0.15, 0.2) is 24.3 Å². The third-order valence-electron chi connectivity index (χ3n) is 3.99. The number of benzene rings is 1. The van der Waals surface area contributed by atoms with Gasteiger partial charge in [0.1, 0.15) is 0 Å². The molecule has 1 aromatic rings. The van der Waals surface area contributed by atoms with Crippen molar-refractivity contribution < 1.29 is 9.84 Å². The smallest absolute Gasteiger partial charge is 0.0815 e. The van der Waals surface area contributed by atoms with Gasteiger partial charge < -0.3 is 15.2 Å². The molecule has 1 aliphatic heterocycles. The molecule has 1 aromatic carbocycles. The molecule has 1 heterocycles. The molecule has 2 rings (SSSR count). The Bertz CT molecular complexity index is 382. The number of aliphatic hydroxyl groups is 1. The van der Waals surface area contributed by atoms with Crippen molar-refractivity contribution >= 4 is 0 Å².